The molecule has 2 aromatic rings. The molecule has 0 spiro atoms. The Kier molecular flexibility index (Phi) is 9.97. The van der Waals surface area contributed by atoms with Gasteiger partial charge in [0.1, 0.15) is 6.10 Å². The summed E-state index contributed by atoms with van der Waals surface area (Å²) in [7, 11) is 0. The molecule has 3 atom stereocenters. The van der Waals surface area contributed by atoms with Crippen LogP contribution < -0.4 is 5.32 Å². The van der Waals surface area contributed by atoms with Gasteiger partial charge in [0, 0.05) is 19.5 Å². The third-order valence-corrected chi connectivity index (χ3v) is 7.78. The highest BCUT2D eigenvalue weighted by Crippen LogP contribution is 2.33. The first-order valence-corrected chi connectivity index (χ1v) is 14.0. The van der Waals surface area contributed by atoms with Gasteiger partial charge in [-0.3, -0.25) is 4.79 Å². The molecule has 0 radical (unpaired) electrons. The number of piperidine rings is 1. The number of hydrogen-bond acceptors (Lipinski definition) is 4. The number of nitrogens with zero attached hydrogens (tertiary/aromatic N) is 1. The molecule has 5 nitrogen and oxygen atoms in total. The van der Waals surface area contributed by atoms with E-state index in [2.05, 4.69) is 66.5 Å². The van der Waals surface area contributed by atoms with Crippen molar-refractivity contribution in [2.45, 2.75) is 89.9 Å². The van der Waals surface area contributed by atoms with Crippen molar-refractivity contribution in [2.75, 3.05) is 26.2 Å². The Bertz CT molecular complexity index is 968. The summed E-state index contributed by atoms with van der Waals surface area (Å²) >= 11 is 0. The minimum Gasteiger partial charge on any atom is -0.390 e. The van der Waals surface area contributed by atoms with Gasteiger partial charge in [-0.05, 0) is 99.7 Å². The van der Waals surface area contributed by atoms with E-state index in [-0.39, 0.29) is 18.1 Å². The second-order valence-electron chi connectivity index (χ2n) is 10.8. The van der Waals surface area contributed by atoms with E-state index >= 15 is 0 Å². The molecular formula is C31H44N2O3. The van der Waals surface area contributed by atoms with Gasteiger partial charge in [-0.1, -0.05) is 48.9 Å². The topological polar surface area (TPSA) is 61.8 Å². The molecule has 1 amide bonds. The lowest BCUT2D eigenvalue weighted by Crippen LogP contribution is -2.37. The molecule has 0 saturated carbocycles. The van der Waals surface area contributed by atoms with Crippen LogP contribution in [0.15, 0.2) is 42.5 Å². The maximum Gasteiger partial charge on any atom is 0.220 e. The normalized spacial score (nSPS) is 22.9. The number of aryl methyl sites for hydroxylation is 2. The number of hydrogen-bond donors (Lipinski definition) is 2. The number of carbonyl (C=O) groups excluding carboxylic acids is 1. The lowest BCUT2D eigenvalue weighted by atomic mass is 9.91. The predicted octanol–water partition coefficient (Wildman–Crippen LogP) is 5.11. The van der Waals surface area contributed by atoms with Crippen molar-refractivity contribution < 1.29 is 14.6 Å². The Balaban J connectivity index is 1.22. The van der Waals surface area contributed by atoms with Gasteiger partial charge >= 0.3 is 0 Å². The van der Waals surface area contributed by atoms with Crippen molar-refractivity contribution in [2.24, 2.45) is 0 Å². The molecule has 196 valence electrons. The van der Waals surface area contributed by atoms with Crippen LogP contribution in [0.4, 0.5) is 0 Å². The number of rotatable bonds is 10. The lowest BCUT2D eigenvalue weighted by Gasteiger charge is -2.33. The van der Waals surface area contributed by atoms with Crippen LogP contribution >= 0.6 is 0 Å². The van der Waals surface area contributed by atoms with Crippen LogP contribution in [-0.4, -0.2) is 54.3 Å². The van der Waals surface area contributed by atoms with Crippen LogP contribution in [0.1, 0.15) is 85.8 Å². The molecule has 2 aromatic carbocycles. The molecule has 0 aliphatic carbocycles. The number of benzene rings is 2. The molecule has 0 bridgehead atoms. The number of aliphatic hydroxyl groups excluding tert-OH is 1. The van der Waals surface area contributed by atoms with Crippen LogP contribution in [0.2, 0.25) is 0 Å². The SMILES string of the molecule is Cc1ccc([C@@H]2O[C@H](C)CC[C@H]2O)cc1Cc1ccc(CCCC(=O)NCCN2CCCCC2)cc1. The minimum atomic E-state index is -0.437. The molecule has 0 aromatic heterocycles. The van der Waals surface area contributed by atoms with Crippen molar-refractivity contribution in [3.63, 3.8) is 0 Å². The zero-order valence-corrected chi connectivity index (χ0v) is 22.2. The second-order valence-corrected chi connectivity index (χ2v) is 10.8. The van der Waals surface area contributed by atoms with Gasteiger partial charge in [-0.25, -0.2) is 0 Å². The van der Waals surface area contributed by atoms with Crippen LogP contribution in [-0.2, 0) is 22.4 Å². The maximum absolute atomic E-state index is 12.2. The van der Waals surface area contributed by atoms with Crippen LogP contribution in [0.25, 0.3) is 0 Å². The van der Waals surface area contributed by atoms with Gasteiger partial charge in [-0.15, -0.1) is 0 Å². The predicted molar refractivity (Wildman–Crippen MR) is 145 cm³/mol. The van der Waals surface area contributed by atoms with Crippen molar-refractivity contribution in [3.8, 4) is 0 Å². The summed E-state index contributed by atoms with van der Waals surface area (Å²) in [5.74, 6) is 0.167. The largest absolute Gasteiger partial charge is 0.390 e. The van der Waals surface area contributed by atoms with Gasteiger partial charge in [-0.2, -0.15) is 0 Å². The lowest BCUT2D eigenvalue weighted by molar-refractivity contribution is -0.121. The molecular weight excluding hydrogens is 448 g/mol. The first-order valence-electron chi connectivity index (χ1n) is 14.0. The monoisotopic (exact) mass is 492 g/mol. The number of aliphatic hydroxyl groups is 1. The van der Waals surface area contributed by atoms with E-state index in [1.54, 1.807) is 0 Å². The third kappa shape index (κ3) is 7.89. The first-order chi connectivity index (χ1) is 17.5. The van der Waals surface area contributed by atoms with Crippen molar-refractivity contribution in [1.82, 2.24) is 10.2 Å². The summed E-state index contributed by atoms with van der Waals surface area (Å²) in [4.78, 5) is 14.6. The summed E-state index contributed by atoms with van der Waals surface area (Å²) < 4.78 is 6.07. The minimum absolute atomic E-state index is 0.167. The van der Waals surface area contributed by atoms with Crippen LogP contribution in [0.3, 0.4) is 0 Å². The molecule has 4 rings (SSSR count). The zero-order valence-electron chi connectivity index (χ0n) is 22.2. The Labute approximate surface area is 217 Å². The highest BCUT2D eigenvalue weighted by Gasteiger charge is 2.29. The summed E-state index contributed by atoms with van der Waals surface area (Å²) in [6.07, 6.45) is 8.36. The summed E-state index contributed by atoms with van der Waals surface area (Å²) in [6.45, 7) is 8.31. The smallest absolute Gasteiger partial charge is 0.220 e. The van der Waals surface area contributed by atoms with Gasteiger partial charge in [0.2, 0.25) is 5.91 Å². The Morgan fingerprint density at radius 2 is 1.81 bits per heavy atom. The second kappa shape index (κ2) is 13.4. The van der Waals surface area contributed by atoms with E-state index in [1.807, 2.05) is 0 Å². The first kappa shape index (κ1) is 26.8. The van der Waals surface area contributed by atoms with E-state index in [9.17, 15) is 9.90 Å². The fourth-order valence-corrected chi connectivity index (χ4v) is 5.45. The van der Waals surface area contributed by atoms with Crippen molar-refractivity contribution in [1.29, 1.82) is 0 Å². The maximum atomic E-state index is 12.2. The molecule has 0 unspecified atom stereocenters. The number of likely N-dealkylation sites (tertiary alicyclic amines) is 1. The van der Waals surface area contributed by atoms with Gasteiger partial charge in [0.05, 0.1) is 12.2 Å². The van der Waals surface area contributed by atoms with E-state index in [0.717, 1.165) is 50.8 Å². The van der Waals surface area contributed by atoms with Gasteiger partial charge in [0.25, 0.3) is 0 Å². The van der Waals surface area contributed by atoms with Crippen molar-refractivity contribution >= 4 is 5.91 Å². The number of carbonyl (C=O) groups is 1. The summed E-state index contributed by atoms with van der Waals surface area (Å²) in [6, 6.07) is 15.2. The average molecular weight is 493 g/mol. The number of ether oxygens (including phenoxy) is 1. The van der Waals surface area contributed by atoms with E-state index in [4.69, 9.17) is 4.74 Å². The highest BCUT2D eigenvalue weighted by molar-refractivity contribution is 5.75. The van der Waals surface area contributed by atoms with Crippen molar-refractivity contribution in [3.05, 3.63) is 70.3 Å². The summed E-state index contributed by atoms with van der Waals surface area (Å²) in [5.41, 5.74) is 6.15. The Morgan fingerprint density at radius 3 is 2.58 bits per heavy atom. The fourth-order valence-electron chi connectivity index (χ4n) is 5.45. The molecule has 5 heteroatoms. The fraction of sp³-hybridized carbons (Fsp3) is 0.581. The van der Waals surface area contributed by atoms with E-state index in [0.29, 0.717) is 6.42 Å². The van der Waals surface area contributed by atoms with Crippen LogP contribution in [0.5, 0.6) is 0 Å². The molecule has 2 aliphatic rings. The molecule has 36 heavy (non-hydrogen) atoms. The van der Waals surface area contributed by atoms with E-state index < -0.39 is 6.10 Å². The molecule has 2 heterocycles. The molecule has 2 N–H and O–H groups in total. The molecule has 2 aliphatic heterocycles. The number of nitrogens with one attached hydrogen (secondary N) is 1. The quantitative estimate of drug-likeness (QED) is 0.484. The van der Waals surface area contributed by atoms with Gasteiger partial charge < -0.3 is 20.1 Å². The zero-order chi connectivity index (χ0) is 25.3. The van der Waals surface area contributed by atoms with Gasteiger partial charge in [0.15, 0.2) is 0 Å². The summed E-state index contributed by atoms with van der Waals surface area (Å²) in [5, 5.41) is 13.6. The highest BCUT2D eigenvalue weighted by atomic mass is 16.5. The Hall–Kier alpha value is -2.21. The third-order valence-electron chi connectivity index (χ3n) is 7.78. The average Bonchev–Trinajstić information content (AvgIpc) is 2.88. The number of amides is 1. The van der Waals surface area contributed by atoms with Crippen LogP contribution in [0, 0.1) is 6.92 Å². The van der Waals surface area contributed by atoms with E-state index in [1.165, 1.54) is 54.6 Å². The molecule has 2 saturated heterocycles. The standard InChI is InChI=1S/C31H44N2O3/c1-23-9-15-27(31-29(34)16-10-24(2)36-31)22-28(23)21-26-13-11-25(12-14-26)7-6-8-30(35)32-17-20-33-18-4-3-5-19-33/h9,11-15,22,24,29,31,34H,3-8,10,16-21H2,1-2H3,(H,32,35)/t24-,29-,31+/m1/s1. The molecule has 2 fully saturated rings. The Morgan fingerprint density at radius 1 is 1.06 bits per heavy atom.